The molecular weight excluding hydrogens is 450 g/mol. The van der Waals surface area contributed by atoms with Gasteiger partial charge in [0, 0.05) is 23.7 Å². The minimum Gasteiger partial charge on any atom is -0.467 e. The van der Waals surface area contributed by atoms with Crippen LogP contribution in [0.1, 0.15) is 20.8 Å². The number of benzene rings is 2. The fourth-order valence-electron chi connectivity index (χ4n) is 4.26. The summed E-state index contributed by atoms with van der Waals surface area (Å²) in [5, 5.41) is 18.5. The van der Waals surface area contributed by atoms with Crippen LogP contribution in [0.4, 0.5) is 16.2 Å². The van der Waals surface area contributed by atoms with Crippen molar-refractivity contribution in [3.63, 3.8) is 0 Å². The molecule has 0 aliphatic heterocycles. The number of hydrogen-bond donors (Lipinski definition) is 2. The maximum Gasteiger partial charge on any atom is 0.332 e. The van der Waals surface area contributed by atoms with Crippen LogP contribution in [0.25, 0.3) is 0 Å². The third-order valence-electron chi connectivity index (χ3n) is 6.59. The van der Waals surface area contributed by atoms with Gasteiger partial charge in [0.05, 0.1) is 12.0 Å². The van der Waals surface area contributed by atoms with Crippen molar-refractivity contribution in [1.29, 1.82) is 0 Å². The Kier molecular flexibility index (Phi) is 8.39. The van der Waals surface area contributed by atoms with Gasteiger partial charge in [-0.2, -0.15) is 0 Å². The molecule has 0 unspecified atom stereocenters. The van der Waals surface area contributed by atoms with E-state index in [1.807, 2.05) is 39.0 Å². The summed E-state index contributed by atoms with van der Waals surface area (Å²) in [4.78, 5) is 36.6. The fraction of sp³-hybridized carbons (Fsp3) is 0.360. The van der Waals surface area contributed by atoms with Gasteiger partial charge in [-0.15, -0.1) is 6.58 Å². The molecule has 182 valence electrons. The number of esters is 1. The number of rotatable bonds is 9. The molecule has 2 N–H and O–H groups in total. The van der Waals surface area contributed by atoms with Crippen LogP contribution in [0.5, 0.6) is 0 Å². The molecule has 0 radical (unpaired) electrons. The molecule has 2 atom stereocenters. The number of hydrogen-bond acceptors (Lipinski definition) is 5. The van der Waals surface area contributed by atoms with Crippen molar-refractivity contribution < 1.29 is 19.2 Å². The lowest BCUT2D eigenvalue weighted by atomic mass is 9.75. The molecule has 0 aromatic heterocycles. The van der Waals surface area contributed by atoms with Gasteiger partial charge >= 0.3 is 12.0 Å². The number of ether oxygens (including phenoxy) is 1. The maximum absolute atomic E-state index is 13.2. The van der Waals surface area contributed by atoms with Crippen LogP contribution < -0.4 is 15.8 Å². The number of nitro groups is 1. The number of anilines is 1. The van der Waals surface area contributed by atoms with Crippen molar-refractivity contribution in [2.24, 2.45) is 11.8 Å². The Balaban J connectivity index is 2.40. The van der Waals surface area contributed by atoms with Crippen molar-refractivity contribution in [3.05, 3.63) is 76.5 Å². The first-order valence-electron chi connectivity index (χ1n) is 11.0. The number of amides is 2. The lowest BCUT2D eigenvalue weighted by Gasteiger charge is -2.44. The normalized spacial score (nSPS) is 14.0. The highest BCUT2D eigenvalue weighted by Crippen LogP contribution is 2.36. The van der Waals surface area contributed by atoms with E-state index >= 15 is 0 Å². The van der Waals surface area contributed by atoms with E-state index in [0.29, 0.717) is 5.69 Å². The monoisotopic (exact) mass is 483 g/mol. The zero-order valence-corrected chi connectivity index (χ0v) is 21.5. The molecule has 2 aromatic rings. The SMILES string of the molecule is C=C([C@H](C)[C@@](NC(=O)Nc1ccc([N+](=O)[O-])cc1)(C(=O)OC)C(C)C)[Si](C)(C)c1ccccc1. The van der Waals surface area contributed by atoms with Gasteiger partial charge in [-0.1, -0.05) is 74.6 Å². The second-order valence-corrected chi connectivity index (χ2v) is 13.6. The lowest BCUT2D eigenvalue weighted by molar-refractivity contribution is -0.384. The smallest absolute Gasteiger partial charge is 0.332 e. The average Bonchev–Trinajstić information content (AvgIpc) is 2.81. The predicted molar refractivity (Wildman–Crippen MR) is 137 cm³/mol. The molecule has 8 nitrogen and oxygen atoms in total. The Labute approximate surface area is 201 Å². The molecule has 0 bridgehead atoms. The van der Waals surface area contributed by atoms with Gasteiger partial charge in [-0.3, -0.25) is 10.1 Å². The number of carbonyl (C=O) groups is 2. The molecule has 0 spiro atoms. The van der Waals surface area contributed by atoms with Crippen LogP contribution in [0.2, 0.25) is 13.1 Å². The first-order chi connectivity index (χ1) is 15.9. The molecule has 34 heavy (non-hydrogen) atoms. The van der Waals surface area contributed by atoms with Gasteiger partial charge in [-0.05, 0) is 18.1 Å². The molecular formula is C25H33N3O5Si. The Bertz CT molecular complexity index is 1050. The number of nitro benzene ring substituents is 1. The van der Waals surface area contributed by atoms with Crippen LogP contribution in [-0.2, 0) is 9.53 Å². The van der Waals surface area contributed by atoms with Gasteiger partial charge in [0.2, 0.25) is 0 Å². The van der Waals surface area contributed by atoms with Crippen LogP contribution in [-0.4, -0.2) is 37.6 Å². The summed E-state index contributed by atoms with van der Waals surface area (Å²) < 4.78 is 5.18. The Morgan fingerprint density at radius 2 is 1.62 bits per heavy atom. The Hall–Kier alpha value is -3.46. The molecule has 0 fully saturated rings. The van der Waals surface area contributed by atoms with E-state index in [-0.39, 0.29) is 11.6 Å². The average molecular weight is 484 g/mol. The van der Waals surface area contributed by atoms with Crippen LogP contribution >= 0.6 is 0 Å². The summed E-state index contributed by atoms with van der Waals surface area (Å²) in [5.74, 6) is -1.33. The van der Waals surface area contributed by atoms with E-state index in [0.717, 1.165) is 5.20 Å². The molecule has 2 aromatic carbocycles. The largest absolute Gasteiger partial charge is 0.467 e. The van der Waals surface area contributed by atoms with Crippen molar-refractivity contribution in [1.82, 2.24) is 5.32 Å². The zero-order chi connectivity index (χ0) is 25.7. The highest BCUT2D eigenvalue weighted by atomic mass is 28.3. The highest BCUT2D eigenvalue weighted by Gasteiger charge is 2.52. The number of nitrogens with zero attached hydrogens (tertiary/aromatic N) is 1. The molecule has 0 aliphatic rings. The molecule has 9 heteroatoms. The van der Waals surface area contributed by atoms with Gasteiger partial charge in [0.15, 0.2) is 0 Å². The summed E-state index contributed by atoms with van der Waals surface area (Å²) in [6, 6.07) is 14.9. The van der Waals surface area contributed by atoms with E-state index in [1.54, 1.807) is 0 Å². The van der Waals surface area contributed by atoms with Gasteiger partial charge in [-0.25, -0.2) is 9.59 Å². The molecule has 2 amide bonds. The number of urea groups is 1. The third-order valence-corrected chi connectivity index (χ3v) is 10.4. The van der Waals surface area contributed by atoms with E-state index < -0.39 is 36.5 Å². The van der Waals surface area contributed by atoms with Crippen LogP contribution in [0.3, 0.4) is 0 Å². The number of carbonyl (C=O) groups excluding carboxylic acids is 2. The minimum absolute atomic E-state index is 0.0879. The van der Waals surface area contributed by atoms with Crippen LogP contribution in [0.15, 0.2) is 66.4 Å². The van der Waals surface area contributed by atoms with Crippen molar-refractivity contribution in [3.8, 4) is 0 Å². The summed E-state index contributed by atoms with van der Waals surface area (Å²) in [6.45, 7) is 14.3. The molecule has 2 rings (SSSR count). The van der Waals surface area contributed by atoms with E-state index in [4.69, 9.17) is 4.74 Å². The van der Waals surface area contributed by atoms with Crippen LogP contribution in [0, 0.1) is 22.0 Å². The Morgan fingerprint density at radius 3 is 2.09 bits per heavy atom. The summed E-state index contributed by atoms with van der Waals surface area (Å²) in [5.41, 5.74) is -1.11. The summed E-state index contributed by atoms with van der Waals surface area (Å²) >= 11 is 0. The van der Waals surface area contributed by atoms with E-state index in [1.165, 1.54) is 36.6 Å². The van der Waals surface area contributed by atoms with Crippen molar-refractivity contribution in [2.75, 3.05) is 12.4 Å². The first-order valence-corrected chi connectivity index (χ1v) is 14.0. The molecule has 0 saturated carbocycles. The fourth-order valence-corrected chi connectivity index (χ4v) is 6.96. The number of methoxy groups -OCH3 is 1. The summed E-state index contributed by atoms with van der Waals surface area (Å²) in [6.07, 6.45) is 0. The van der Waals surface area contributed by atoms with Gasteiger partial charge in [0.25, 0.3) is 5.69 Å². The number of nitrogens with one attached hydrogen (secondary N) is 2. The first kappa shape index (κ1) is 26.8. The quantitative estimate of drug-likeness (QED) is 0.234. The Morgan fingerprint density at radius 1 is 1.06 bits per heavy atom. The van der Waals surface area contributed by atoms with E-state index in [9.17, 15) is 19.7 Å². The topological polar surface area (TPSA) is 111 Å². The van der Waals surface area contributed by atoms with Gasteiger partial charge < -0.3 is 15.4 Å². The second-order valence-electron chi connectivity index (χ2n) is 9.14. The summed E-state index contributed by atoms with van der Waals surface area (Å²) in [7, 11) is -0.944. The lowest BCUT2D eigenvalue weighted by Crippen LogP contribution is -2.65. The molecule has 0 saturated heterocycles. The maximum atomic E-state index is 13.2. The minimum atomic E-state index is -2.24. The molecule has 0 heterocycles. The molecule has 0 aliphatic carbocycles. The zero-order valence-electron chi connectivity index (χ0n) is 20.5. The third kappa shape index (κ3) is 5.36. The van der Waals surface area contributed by atoms with Crippen molar-refractivity contribution in [2.45, 2.75) is 39.4 Å². The highest BCUT2D eigenvalue weighted by molar-refractivity contribution is 6.95. The van der Waals surface area contributed by atoms with Crippen molar-refractivity contribution >= 4 is 36.6 Å². The van der Waals surface area contributed by atoms with Gasteiger partial charge in [0.1, 0.15) is 13.6 Å². The number of non-ortho nitro benzene ring substituents is 1. The second kappa shape index (κ2) is 10.6. The standard InChI is InChI=1S/C25H33N3O5Si/c1-17(2)25(23(29)33-5,18(3)19(4)34(6,7)22-11-9-8-10-12-22)27-24(30)26-20-13-15-21(16-14-20)28(31)32/h8-18H,4H2,1-3,5-7H3,(H2,26,27,30)/t18-,25+/m0/s1. The van der Waals surface area contributed by atoms with E-state index in [2.05, 4.69) is 42.4 Å². The predicted octanol–water partition coefficient (Wildman–Crippen LogP) is 4.63.